The Hall–Kier alpha value is -1.26. The molecule has 0 aromatic heterocycles. The number of carboxylic acid groups (broad SMARTS) is 1. The molecule has 0 aromatic rings. The highest BCUT2D eigenvalue weighted by Crippen LogP contribution is 2.14. The van der Waals surface area contributed by atoms with Crippen LogP contribution in [0.25, 0.3) is 0 Å². The van der Waals surface area contributed by atoms with E-state index in [9.17, 15) is 9.59 Å². The van der Waals surface area contributed by atoms with Gasteiger partial charge in [0.2, 0.25) is 0 Å². The van der Waals surface area contributed by atoms with Crippen LogP contribution in [0, 0.1) is 5.92 Å². The molecule has 5 nitrogen and oxygen atoms in total. The Morgan fingerprint density at radius 1 is 1.11 bits per heavy atom. The number of hydrogen-bond acceptors (Lipinski definition) is 2. The molecule has 0 bridgehead atoms. The fourth-order valence-corrected chi connectivity index (χ4v) is 2.17. The number of carboxylic acids is 1. The Balaban J connectivity index is 4.99. The van der Waals surface area contributed by atoms with Gasteiger partial charge < -0.3 is 14.9 Å². The van der Waals surface area contributed by atoms with Gasteiger partial charge in [-0.25, -0.2) is 4.79 Å². The average molecular weight is 272 g/mol. The van der Waals surface area contributed by atoms with Crippen molar-refractivity contribution in [3.63, 3.8) is 0 Å². The van der Waals surface area contributed by atoms with Crippen molar-refractivity contribution in [2.45, 2.75) is 53.5 Å². The molecule has 0 radical (unpaired) electrons. The molecular formula is C14H28N2O3. The van der Waals surface area contributed by atoms with Crippen LogP contribution in [0.15, 0.2) is 0 Å². The lowest BCUT2D eigenvalue weighted by Gasteiger charge is -2.35. The Labute approximate surface area is 116 Å². The molecule has 0 aliphatic rings. The van der Waals surface area contributed by atoms with Crippen LogP contribution in [0.5, 0.6) is 0 Å². The first-order valence-corrected chi connectivity index (χ1v) is 7.14. The predicted molar refractivity (Wildman–Crippen MR) is 76.2 cm³/mol. The molecule has 1 N–H and O–H groups in total. The summed E-state index contributed by atoms with van der Waals surface area (Å²) in [6.07, 6.45) is 1.78. The van der Waals surface area contributed by atoms with Crippen molar-refractivity contribution >= 4 is 12.0 Å². The van der Waals surface area contributed by atoms with E-state index in [0.717, 1.165) is 12.8 Å². The summed E-state index contributed by atoms with van der Waals surface area (Å²) in [5.74, 6) is -0.600. The van der Waals surface area contributed by atoms with E-state index in [1.54, 1.807) is 6.92 Å². The van der Waals surface area contributed by atoms with Gasteiger partial charge >= 0.3 is 12.0 Å². The minimum absolute atomic E-state index is 0.160. The van der Waals surface area contributed by atoms with E-state index in [0.29, 0.717) is 19.0 Å². The SMILES string of the molecule is CCC(CC)N(CC(C)C)C(=O)N(CC)CC(=O)O. The highest BCUT2D eigenvalue weighted by Gasteiger charge is 2.26. The summed E-state index contributed by atoms with van der Waals surface area (Å²) in [4.78, 5) is 26.5. The Kier molecular flexibility index (Phi) is 8.19. The van der Waals surface area contributed by atoms with Crippen LogP contribution in [-0.2, 0) is 4.79 Å². The number of carbonyl (C=O) groups excluding carboxylic acids is 1. The number of likely N-dealkylation sites (N-methyl/N-ethyl adjacent to an activating group) is 1. The number of aliphatic carboxylic acids is 1. The van der Waals surface area contributed by atoms with Gasteiger partial charge in [-0.05, 0) is 25.7 Å². The number of carbonyl (C=O) groups is 2. The summed E-state index contributed by atoms with van der Waals surface area (Å²) >= 11 is 0. The van der Waals surface area contributed by atoms with Crippen LogP contribution in [0.2, 0.25) is 0 Å². The molecule has 0 aliphatic carbocycles. The molecular weight excluding hydrogens is 244 g/mol. The van der Waals surface area contributed by atoms with E-state index in [4.69, 9.17) is 5.11 Å². The molecule has 19 heavy (non-hydrogen) atoms. The van der Waals surface area contributed by atoms with Gasteiger partial charge in [0.15, 0.2) is 0 Å². The molecule has 0 saturated carbocycles. The summed E-state index contributed by atoms with van der Waals surface area (Å²) in [5.41, 5.74) is 0. The van der Waals surface area contributed by atoms with Crippen molar-refractivity contribution in [3.8, 4) is 0 Å². The van der Waals surface area contributed by atoms with E-state index in [2.05, 4.69) is 27.7 Å². The topological polar surface area (TPSA) is 60.9 Å². The van der Waals surface area contributed by atoms with E-state index in [1.807, 2.05) is 4.90 Å². The smallest absolute Gasteiger partial charge is 0.323 e. The molecule has 0 heterocycles. The molecule has 0 atom stereocenters. The quantitative estimate of drug-likeness (QED) is 0.739. The van der Waals surface area contributed by atoms with Gasteiger partial charge in [-0.1, -0.05) is 27.7 Å². The van der Waals surface area contributed by atoms with Crippen LogP contribution in [0.4, 0.5) is 4.79 Å². The van der Waals surface area contributed by atoms with Gasteiger partial charge in [0.05, 0.1) is 0 Å². The summed E-state index contributed by atoms with van der Waals surface area (Å²) in [6, 6.07) is 0.0186. The van der Waals surface area contributed by atoms with Crippen molar-refractivity contribution in [1.29, 1.82) is 0 Å². The summed E-state index contributed by atoms with van der Waals surface area (Å²) in [5, 5.41) is 8.87. The number of hydrogen-bond donors (Lipinski definition) is 1. The number of nitrogens with zero attached hydrogens (tertiary/aromatic N) is 2. The van der Waals surface area contributed by atoms with Crippen molar-refractivity contribution < 1.29 is 14.7 Å². The normalized spacial score (nSPS) is 10.9. The van der Waals surface area contributed by atoms with Crippen molar-refractivity contribution in [1.82, 2.24) is 9.80 Å². The Bertz CT molecular complexity index is 288. The molecule has 5 heteroatoms. The van der Waals surface area contributed by atoms with Crippen molar-refractivity contribution in [2.24, 2.45) is 5.92 Å². The highest BCUT2D eigenvalue weighted by molar-refractivity contribution is 5.80. The van der Waals surface area contributed by atoms with Crippen LogP contribution >= 0.6 is 0 Å². The summed E-state index contributed by atoms with van der Waals surface area (Å²) in [6.45, 7) is 10.9. The first kappa shape index (κ1) is 17.7. The van der Waals surface area contributed by atoms with E-state index < -0.39 is 5.97 Å². The average Bonchev–Trinajstić information content (AvgIpc) is 2.34. The number of amides is 2. The molecule has 0 aliphatic heterocycles. The lowest BCUT2D eigenvalue weighted by molar-refractivity contribution is -0.137. The second kappa shape index (κ2) is 8.77. The van der Waals surface area contributed by atoms with Crippen LogP contribution in [0.1, 0.15) is 47.5 Å². The second-order valence-electron chi connectivity index (χ2n) is 5.21. The zero-order valence-electron chi connectivity index (χ0n) is 12.8. The monoisotopic (exact) mass is 272 g/mol. The van der Waals surface area contributed by atoms with E-state index in [-0.39, 0.29) is 18.6 Å². The summed E-state index contributed by atoms with van der Waals surface area (Å²) < 4.78 is 0. The third-order valence-electron chi connectivity index (χ3n) is 3.17. The standard InChI is InChI=1S/C14H28N2O3/c1-6-12(7-2)16(9-11(4)5)14(19)15(8-3)10-13(17)18/h11-12H,6-10H2,1-5H3,(H,17,18). The van der Waals surface area contributed by atoms with Crippen LogP contribution in [0.3, 0.4) is 0 Å². The lowest BCUT2D eigenvalue weighted by atomic mass is 10.1. The van der Waals surface area contributed by atoms with Crippen molar-refractivity contribution in [3.05, 3.63) is 0 Å². The maximum atomic E-state index is 12.5. The third kappa shape index (κ3) is 5.94. The lowest BCUT2D eigenvalue weighted by Crippen LogP contribution is -2.50. The van der Waals surface area contributed by atoms with Crippen LogP contribution in [-0.4, -0.2) is 52.6 Å². The van der Waals surface area contributed by atoms with Gasteiger partial charge in [0, 0.05) is 19.1 Å². The molecule has 2 amide bonds. The zero-order chi connectivity index (χ0) is 15.0. The minimum Gasteiger partial charge on any atom is -0.480 e. The maximum absolute atomic E-state index is 12.5. The molecule has 0 saturated heterocycles. The minimum atomic E-state index is -0.968. The number of urea groups is 1. The largest absolute Gasteiger partial charge is 0.480 e. The molecule has 0 fully saturated rings. The fraction of sp³-hybridized carbons (Fsp3) is 0.857. The zero-order valence-corrected chi connectivity index (χ0v) is 12.8. The Morgan fingerprint density at radius 3 is 1.95 bits per heavy atom. The number of rotatable bonds is 8. The van der Waals surface area contributed by atoms with E-state index in [1.165, 1.54) is 4.90 Å². The highest BCUT2D eigenvalue weighted by atomic mass is 16.4. The van der Waals surface area contributed by atoms with Gasteiger partial charge in [-0.15, -0.1) is 0 Å². The van der Waals surface area contributed by atoms with Crippen LogP contribution < -0.4 is 0 Å². The molecule has 0 aromatic carbocycles. The molecule has 0 unspecified atom stereocenters. The predicted octanol–water partition coefficient (Wildman–Crippen LogP) is 2.66. The molecule has 112 valence electrons. The molecule has 0 rings (SSSR count). The van der Waals surface area contributed by atoms with Crippen molar-refractivity contribution in [2.75, 3.05) is 19.6 Å². The third-order valence-corrected chi connectivity index (χ3v) is 3.17. The maximum Gasteiger partial charge on any atom is 0.323 e. The van der Waals surface area contributed by atoms with E-state index >= 15 is 0 Å². The molecule has 0 spiro atoms. The van der Waals surface area contributed by atoms with Gasteiger partial charge in [-0.2, -0.15) is 0 Å². The Morgan fingerprint density at radius 2 is 1.63 bits per heavy atom. The van der Waals surface area contributed by atoms with Gasteiger partial charge in [0.25, 0.3) is 0 Å². The summed E-state index contributed by atoms with van der Waals surface area (Å²) in [7, 11) is 0. The van der Waals surface area contributed by atoms with Gasteiger partial charge in [0.1, 0.15) is 6.54 Å². The van der Waals surface area contributed by atoms with Gasteiger partial charge in [-0.3, -0.25) is 4.79 Å². The first-order valence-electron chi connectivity index (χ1n) is 7.14. The second-order valence-corrected chi connectivity index (χ2v) is 5.21. The first-order chi connectivity index (χ1) is 8.87. The fourth-order valence-electron chi connectivity index (χ4n) is 2.17.